The molecule has 1 saturated carbocycles. The van der Waals surface area contributed by atoms with Gasteiger partial charge < -0.3 is 4.90 Å². The number of nitrogens with zero attached hydrogens (tertiary/aromatic N) is 2. The lowest BCUT2D eigenvalue weighted by atomic mass is 10.2. The van der Waals surface area contributed by atoms with Gasteiger partial charge in [-0.15, -0.1) is 0 Å². The van der Waals surface area contributed by atoms with Gasteiger partial charge in [0, 0.05) is 25.9 Å². The normalized spacial score (nSPS) is 15.8. The Labute approximate surface area is 76.6 Å². The number of nitrogens with one attached hydrogen (secondary N) is 1. The topological polar surface area (TPSA) is 49.0 Å². The zero-order valence-electron chi connectivity index (χ0n) is 7.87. The summed E-state index contributed by atoms with van der Waals surface area (Å²) < 4.78 is 0. The summed E-state index contributed by atoms with van der Waals surface area (Å²) in [5.74, 6) is 1.52. The minimum Gasteiger partial charge on any atom is -0.364 e. The highest BCUT2D eigenvalue weighted by molar-refractivity contribution is 5.47. The van der Waals surface area contributed by atoms with Crippen molar-refractivity contribution in [1.29, 1.82) is 0 Å². The number of anilines is 1. The number of hydrogen-bond acceptors (Lipinski definition) is 3. The van der Waals surface area contributed by atoms with E-state index in [1.54, 1.807) is 6.20 Å². The average molecular weight is 179 g/mol. The van der Waals surface area contributed by atoms with Crippen molar-refractivity contribution < 1.29 is 0 Å². The molecular weight excluding hydrogens is 166 g/mol. The lowest BCUT2D eigenvalue weighted by Crippen LogP contribution is -2.20. The Kier molecular flexibility index (Phi) is 1.83. The monoisotopic (exact) mass is 179 g/mol. The predicted octanol–water partition coefficient (Wildman–Crippen LogP) is 0.713. The van der Waals surface area contributed by atoms with Crippen LogP contribution >= 0.6 is 0 Å². The van der Waals surface area contributed by atoms with Gasteiger partial charge in [-0.25, -0.2) is 9.78 Å². The highest BCUT2D eigenvalue weighted by Gasteiger charge is 2.27. The zero-order valence-corrected chi connectivity index (χ0v) is 7.87. The van der Waals surface area contributed by atoms with Gasteiger partial charge in [-0.05, 0) is 18.8 Å². The summed E-state index contributed by atoms with van der Waals surface area (Å²) in [5.41, 5.74) is 0.901. The molecule has 0 atom stereocenters. The molecular formula is C9H13N3O. The smallest absolute Gasteiger partial charge is 0.346 e. The van der Waals surface area contributed by atoms with E-state index < -0.39 is 0 Å². The van der Waals surface area contributed by atoms with Crippen LogP contribution in [0.25, 0.3) is 0 Å². The summed E-state index contributed by atoms with van der Waals surface area (Å²) in [7, 11) is 3.86. The van der Waals surface area contributed by atoms with Gasteiger partial charge in [-0.3, -0.25) is 4.98 Å². The third-order valence-electron chi connectivity index (χ3n) is 2.28. The summed E-state index contributed by atoms with van der Waals surface area (Å²) in [6.07, 6.45) is 4.13. The van der Waals surface area contributed by atoms with Gasteiger partial charge in [-0.2, -0.15) is 0 Å². The zero-order chi connectivity index (χ0) is 9.42. The molecule has 0 bridgehead atoms. The maximum Gasteiger partial charge on any atom is 0.346 e. The van der Waals surface area contributed by atoms with Crippen LogP contribution in [0.15, 0.2) is 11.0 Å². The van der Waals surface area contributed by atoms with Gasteiger partial charge in [0.05, 0.1) is 0 Å². The summed E-state index contributed by atoms with van der Waals surface area (Å²) >= 11 is 0. The van der Waals surface area contributed by atoms with E-state index in [4.69, 9.17) is 0 Å². The molecule has 1 heterocycles. The number of rotatable bonds is 2. The second-order valence-corrected chi connectivity index (χ2v) is 3.66. The van der Waals surface area contributed by atoms with E-state index in [1.165, 1.54) is 18.4 Å². The lowest BCUT2D eigenvalue weighted by molar-refractivity contribution is 0.939. The first-order valence-corrected chi connectivity index (χ1v) is 4.45. The molecule has 1 fully saturated rings. The van der Waals surface area contributed by atoms with Gasteiger partial charge >= 0.3 is 5.69 Å². The van der Waals surface area contributed by atoms with Crippen LogP contribution in [0.4, 0.5) is 5.82 Å². The van der Waals surface area contributed by atoms with Crippen molar-refractivity contribution >= 4 is 5.82 Å². The number of aromatic nitrogens is 2. The van der Waals surface area contributed by atoms with E-state index in [1.807, 2.05) is 19.0 Å². The summed E-state index contributed by atoms with van der Waals surface area (Å²) in [6.45, 7) is 0. The van der Waals surface area contributed by atoms with Crippen LogP contribution in [0.1, 0.15) is 24.3 Å². The van der Waals surface area contributed by atoms with Gasteiger partial charge in [0.25, 0.3) is 0 Å². The number of aromatic amines is 1. The van der Waals surface area contributed by atoms with Crippen molar-refractivity contribution in [2.24, 2.45) is 0 Å². The molecule has 1 aliphatic rings. The largest absolute Gasteiger partial charge is 0.364 e. The predicted molar refractivity (Wildman–Crippen MR) is 51.2 cm³/mol. The summed E-state index contributed by atoms with van der Waals surface area (Å²) in [6, 6.07) is 0. The fraction of sp³-hybridized carbons (Fsp3) is 0.556. The molecule has 1 aliphatic carbocycles. The molecule has 1 aromatic rings. The summed E-state index contributed by atoms with van der Waals surface area (Å²) in [4.78, 5) is 19.4. The van der Waals surface area contributed by atoms with Gasteiger partial charge in [-0.1, -0.05) is 0 Å². The van der Waals surface area contributed by atoms with Gasteiger partial charge in [0.15, 0.2) is 0 Å². The molecule has 0 unspecified atom stereocenters. The van der Waals surface area contributed by atoms with Crippen LogP contribution < -0.4 is 10.6 Å². The van der Waals surface area contributed by atoms with Crippen LogP contribution in [0.2, 0.25) is 0 Å². The fourth-order valence-electron chi connectivity index (χ4n) is 1.46. The third kappa shape index (κ3) is 1.56. The Morgan fingerprint density at radius 1 is 1.54 bits per heavy atom. The van der Waals surface area contributed by atoms with Gasteiger partial charge in [0.2, 0.25) is 0 Å². The first-order valence-electron chi connectivity index (χ1n) is 4.45. The van der Waals surface area contributed by atoms with Crippen LogP contribution in [0.3, 0.4) is 0 Å². The minimum absolute atomic E-state index is 0.270. The van der Waals surface area contributed by atoms with E-state index in [0.717, 1.165) is 5.82 Å². The van der Waals surface area contributed by atoms with E-state index in [2.05, 4.69) is 9.97 Å². The molecule has 0 amide bonds. The number of H-pyrrole nitrogens is 1. The quantitative estimate of drug-likeness (QED) is 0.727. The first-order chi connectivity index (χ1) is 6.18. The molecule has 0 aliphatic heterocycles. The first kappa shape index (κ1) is 8.29. The average Bonchev–Trinajstić information content (AvgIpc) is 2.87. The fourth-order valence-corrected chi connectivity index (χ4v) is 1.46. The third-order valence-corrected chi connectivity index (χ3v) is 2.28. The Balaban J connectivity index is 2.47. The lowest BCUT2D eigenvalue weighted by Gasteiger charge is -2.15. The second kappa shape index (κ2) is 2.87. The second-order valence-electron chi connectivity index (χ2n) is 3.66. The summed E-state index contributed by atoms with van der Waals surface area (Å²) in [5, 5.41) is 0. The standard InChI is InChI=1S/C9H13N3O/c1-12(2)8-7(6-3-4-6)5-10-9(13)11-8/h5-6H,3-4H2,1-2H3,(H,10,11,13). The maximum absolute atomic E-state index is 11.0. The molecule has 13 heavy (non-hydrogen) atoms. The highest BCUT2D eigenvalue weighted by atomic mass is 16.1. The van der Waals surface area contributed by atoms with Crippen molar-refractivity contribution in [2.45, 2.75) is 18.8 Å². The molecule has 0 spiro atoms. The van der Waals surface area contributed by atoms with Crippen LogP contribution in [-0.2, 0) is 0 Å². The van der Waals surface area contributed by atoms with Crippen molar-refractivity contribution in [3.8, 4) is 0 Å². The molecule has 2 rings (SSSR count). The Bertz CT molecular complexity index is 365. The molecule has 1 aromatic heterocycles. The van der Waals surface area contributed by atoms with E-state index in [9.17, 15) is 4.79 Å². The van der Waals surface area contributed by atoms with Crippen molar-refractivity contribution in [1.82, 2.24) is 9.97 Å². The van der Waals surface area contributed by atoms with E-state index >= 15 is 0 Å². The Morgan fingerprint density at radius 2 is 2.23 bits per heavy atom. The SMILES string of the molecule is CN(C)c1[nH]c(=O)ncc1C1CC1. The molecule has 1 N–H and O–H groups in total. The highest BCUT2D eigenvalue weighted by Crippen LogP contribution is 2.42. The van der Waals surface area contributed by atoms with Crippen molar-refractivity contribution in [3.05, 3.63) is 22.2 Å². The maximum atomic E-state index is 11.0. The van der Waals surface area contributed by atoms with Crippen molar-refractivity contribution in [2.75, 3.05) is 19.0 Å². The molecule has 4 nitrogen and oxygen atoms in total. The van der Waals surface area contributed by atoms with Crippen molar-refractivity contribution in [3.63, 3.8) is 0 Å². The molecule has 0 saturated heterocycles. The minimum atomic E-state index is -0.270. The molecule has 70 valence electrons. The molecule has 4 heteroatoms. The van der Waals surface area contributed by atoms with E-state index in [-0.39, 0.29) is 5.69 Å². The van der Waals surface area contributed by atoms with Gasteiger partial charge in [0.1, 0.15) is 5.82 Å². The van der Waals surface area contributed by atoms with Crippen LogP contribution in [-0.4, -0.2) is 24.1 Å². The Hall–Kier alpha value is -1.32. The number of hydrogen-bond donors (Lipinski definition) is 1. The van der Waals surface area contributed by atoms with E-state index in [0.29, 0.717) is 5.92 Å². The molecule has 0 aromatic carbocycles. The molecule has 0 radical (unpaired) electrons. The van der Waals surface area contributed by atoms with Crippen LogP contribution in [0.5, 0.6) is 0 Å². The van der Waals surface area contributed by atoms with Crippen LogP contribution in [0, 0.1) is 0 Å². The Morgan fingerprint density at radius 3 is 2.77 bits per heavy atom.